The number of hydrogen-bond acceptors (Lipinski definition) is 22. The van der Waals surface area contributed by atoms with E-state index in [9.17, 15) is 0 Å². The molecule has 0 amide bonds. The lowest BCUT2D eigenvalue weighted by Crippen LogP contribution is -1.69. The molecular formula is C86H150N22O2S3. The number of imidazole rings is 1. The highest BCUT2D eigenvalue weighted by Crippen LogP contribution is 2.09. The van der Waals surface area contributed by atoms with Crippen molar-refractivity contribution in [3.63, 3.8) is 0 Å². The zero-order valence-electron chi connectivity index (χ0n) is 74.5. The van der Waals surface area contributed by atoms with E-state index >= 15 is 0 Å². The molecule has 14 aromatic heterocycles. The van der Waals surface area contributed by atoms with Crippen LogP contribution in [0, 0.1) is 0 Å². The second-order valence-corrected chi connectivity index (χ2v) is 15.5. The summed E-state index contributed by atoms with van der Waals surface area (Å²) < 4.78 is 12.9. The number of H-pyrrole nitrogens is 5. The van der Waals surface area contributed by atoms with Crippen molar-refractivity contribution in [2.75, 3.05) is 6.67 Å². The highest BCUT2D eigenvalue weighted by Gasteiger charge is 1.87. The molecule has 27 heteroatoms. The van der Waals surface area contributed by atoms with E-state index < -0.39 is 0 Å². The lowest BCUT2D eigenvalue weighted by Gasteiger charge is -1.83. The zero-order chi connectivity index (χ0) is 88.4. The Kier molecular flexibility index (Phi) is 207. The minimum Gasteiger partial charge on any atom is -0.473 e. The molecule has 1 aliphatic rings. The number of pyridine rings is 1. The van der Waals surface area contributed by atoms with Crippen molar-refractivity contribution in [2.45, 2.75) is 208 Å². The van der Waals surface area contributed by atoms with Crippen molar-refractivity contribution in [1.29, 1.82) is 0 Å². The fraction of sp³-hybridized carbons (Fsp3) is 0.360. The van der Waals surface area contributed by atoms with E-state index in [-0.39, 0.29) is 0 Å². The zero-order valence-corrected chi connectivity index (χ0v) is 76.9. The molecule has 15 aromatic rings. The van der Waals surface area contributed by atoms with E-state index in [1.54, 1.807) is 165 Å². The van der Waals surface area contributed by atoms with Crippen molar-refractivity contribution in [3.8, 4) is 0 Å². The van der Waals surface area contributed by atoms with Crippen LogP contribution in [0.5, 0.6) is 0 Å². The van der Waals surface area contributed by atoms with E-state index in [4.69, 9.17) is 0 Å². The van der Waals surface area contributed by atoms with Gasteiger partial charge in [0.05, 0.1) is 36.9 Å². The molecule has 5 N–H and O–H groups in total. The van der Waals surface area contributed by atoms with Gasteiger partial charge in [-0.1, -0.05) is 244 Å². The van der Waals surface area contributed by atoms with E-state index in [2.05, 4.69) is 137 Å². The van der Waals surface area contributed by atoms with E-state index in [1.165, 1.54) is 41.4 Å². The van der Waals surface area contributed by atoms with Gasteiger partial charge >= 0.3 is 0 Å². The molecule has 0 atom stereocenters. The SMILES string of the molecule is C1N=NN=N1.CC.CC.CC.CC.CC.CC.CC.CC.CC.CC.CC.CC.CC.CC.CC.c1c[nH]cn1.c1cc[nH]c1.c1ccc2[nH]ccc2c1.c1ccncc1.c1ccnnc1.c1ccoc1.c1ccoc1.c1ccsc1.c1cn[nH]c1.c1cnccn1.c1cncnc1.c1cnsc1.c1cscn1.c1nc[nH]n1. The third-order valence-corrected chi connectivity index (χ3v) is 9.04. The van der Waals surface area contributed by atoms with Gasteiger partial charge in [0.25, 0.3) is 0 Å². The number of aromatic nitrogens is 18. The summed E-state index contributed by atoms with van der Waals surface area (Å²) >= 11 is 4.78. The Bertz CT molecular complexity index is 2470. The number of nitrogens with one attached hydrogen (secondary N) is 5. The standard InChI is InChI=1S/C8H7N.C5H5N.3C4H4N2.C4H5N.2C4H4O.C4H4S.2C3H4N2.2C3H3NS.C2H3N3.15C2H6.CH2N4/c1-2-4-8-7(3-1)5-6-9-8;1-2-4-6-5-3-1;1-2-6-4-3-5-1;1-2-5-4-6-3-1;1-2-4-6-5-3-1;4*1-2-4-5-3-1;1-2-5-3-4-1;1-2-4-5-3-1;1-2-5-3-4-1;1-2-4-5-3-1;1-3-2-5-4-1;15*1-2;1-2-4-5-3-1/h1-6,9H;1-5H;3*1-4H;1-5H;3*1-4H;2*1-3H,(H,4,5);2*1-3H;1-2H,(H,3,4,5);15*1-2H3;1H2. The van der Waals surface area contributed by atoms with Crippen molar-refractivity contribution in [3.05, 3.63) is 323 Å². The number of para-hydroxylation sites is 1. The van der Waals surface area contributed by atoms with Crippen LogP contribution >= 0.6 is 34.2 Å². The fourth-order valence-corrected chi connectivity index (χ4v) is 5.27. The molecule has 24 nitrogen and oxygen atoms in total. The lowest BCUT2D eigenvalue weighted by molar-refractivity contribution is 0.567. The number of thiazole rings is 1. The number of benzene rings is 1. The van der Waals surface area contributed by atoms with Crippen molar-refractivity contribution >= 4 is 45.1 Å². The van der Waals surface area contributed by atoms with Crippen LogP contribution in [0.1, 0.15) is 208 Å². The number of aromatic amines is 5. The molecule has 0 spiro atoms. The minimum absolute atomic E-state index is 0.417. The largest absolute Gasteiger partial charge is 0.473 e. The average Bonchev–Trinajstić information content (AvgIpc) is 1.75. The molecule has 0 bridgehead atoms. The molecule has 113 heavy (non-hydrogen) atoms. The Balaban J connectivity index is -0.0000000758. The van der Waals surface area contributed by atoms with Gasteiger partial charge in [0.2, 0.25) is 0 Å². The maximum Gasteiger partial charge on any atom is 0.175 e. The van der Waals surface area contributed by atoms with Gasteiger partial charge in [-0.05, 0) is 129 Å². The quantitative estimate of drug-likeness (QED) is 0.0942. The Labute approximate surface area is 697 Å². The Morgan fingerprint density at radius 3 is 0.965 bits per heavy atom. The van der Waals surface area contributed by atoms with Gasteiger partial charge < -0.3 is 23.8 Å². The normalized spacial score (nSPS) is 7.27. The average molecular weight is 1620 g/mol. The monoisotopic (exact) mass is 1620 g/mol. The molecule has 0 unspecified atom stereocenters. The van der Waals surface area contributed by atoms with E-state index in [0.717, 1.165) is 0 Å². The van der Waals surface area contributed by atoms with Gasteiger partial charge in [-0.15, -0.1) is 21.6 Å². The third-order valence-electron chi connectivity index (χ3n) is 7.37. The highest BCUT2D eigenvalue weighted by atomic mass is 32.1. The maximum atomic E-state index is 4.58. The number of fused-ring (bicyclic) bond motifs is 1. The van der Waals surface area contributed by atoms with Crippen LogP contribution in [0.3, 0.4) is 0 Å². The van der Waals surface area contributed by atoms with Crippen LogP contribution in [0.25, 0.3) is 10.9 Å². The molecule has 1 aromatic carbocycles. The number of thiophene rings is 1. The summed E-state index contributed by atoms with van der Waals surface area (Å²) in [6, 6.07) is 40.4. The third kappa shape index (κ3) is 154. The first-order valence-corrected chi connectivity index (χ1v) is 41.7. The summed E-state index contributed by atoms with van der Waals surface area (Å²) in [5.74, 6) is 0. The summed E-state index contributed by atoms with van der Waals surface area (Å²) in [5, 5.41) is 41.6. The minimum atomic E-state index is 0.417. The predicted octanol–water partition coefficient (Wildman–Crippen LogP) is 29.1. The predicted molar refractivity (Wildman–Crippen MR) is 494 cm³/mol. The first-order valence-electron chi connectivity index (χ1n) is 39.0. The second-order valence-electron chi connectivity index (χ2n) is 13.2. The molecule has 634 valence electrons. The topological polar surface area (TPSA) is 322 Å². The van der Waals surface area contributed by atoms with Crippen LogP contribution in [0.15, 0.2) is 352 Å². The highest BCUT2D eigenvalue weighted by molar-refractivity contribution is 7.07. The van der Waals surface area contributed by atoms with Crippen LogP contribution in [0.2, 0.25) is 0 Å². The fourth-order valence-electron chi connectivity index (χ4n) is 4.12. The van der Waals surface area contributed by atoms with Crippen LogP contribution in [-0.2, 0) is 0 Å². The molecule has 1 aliphatic heterocycles. The summed E-state index contributed by atoms with van der Waals surface area (Å²) in [7, 11) is 0. The lowest BCUT2D eigenvalue weighted by atomic mass is 10.3. The van der Waals surface area contributed by atoms with Crippen LogP contribution in [0.4, 0.5) is 0 Å². The summed E-state index contributed by atoms with van der Waals surface area (Å²) in [6.07, 6.45) is 45.4. The first kappa shape index (κ1) is 134. The van der Waals surface area contributed by atoms with Crippen molar-refractivity contribution in [1.82, 2.24) is 89.8 Å². The number of furan rings is 2. The van der Waals surface area contributed by atoms with Crippen LogP contribution in [-0.4, -0.2) is 96.5 Å². The first-order chi connectivity index (χ1) is 56.5. The number of rotatable bonds is 0. The molecular weight excluding hydrogens is 1470 g/mol. The molecule has 0 fully saturated rings. The molecule has 16 rings (SSSR count). The smallest absolute Gasteiger partial charge is 0.175 e. The van der Waals surface area contributed by atoms with E-state index in [0.29, 0.717) is 6.67 Å². The molecule has 0 saturated heterocycles. The number of nitrogens with zero attached hydrogens (tertiary/aromatic N) is 17. The summed E-state index contributed by atoms with van der Waals surface area (Å²) in [6.45, 7) is 60.4. The van der Waals surface area contributed by atoms with Gasteiger partial charge in [-0.3, -0.25) is 30.1 Å². The number of hydrogen-bond donors (Lipinski definition) is 5. The van der Waals surface area contributed by atoms with Gasteiger partial charge in [0, 0.05) is 134 Å². The Hall–Kier alpha value is -11.3. The maximum absolute atomic E-state index is 4.58. The molecule has 15 heterocycles. The molecule has 0 aliphatic carbocycles. The van der Waals surface area contributed by atoms with Gasteiger partial charge in [-0.25, -0.2) is 24.3 Å². The molecule has 0 radical (unpaired) electrons. The Morgan fingerprint density at radius 2 is 0.779 bits per heavy atom. The summed E-state index contributed by atoms with van der Waals surface area (Å²) in [5.41, 5.74) is 3.00. The van der Waals surface area contributed by atoms with Crippen molar-refractivity contribution in [2.24, 2.45) is 20.7 Å². The van der Waals surface area contributed by atoms with Crippen molar-refractivity contribution < 1.29 is 8.83 Å². The van der Waals surface area contributed by atoms with Gasteiger partial charge in [-0.2, -0.15) is 31.7 Å². The summed E-state index contributed by atoms with van der Waals surface area (Å²) in [4.78, 5) is 38.3. The van der Waals surface area contributed by atoms with Gasteiger partial charge in [0.15, 0.2) is 6.67 Å². The van der Waals surface area contributed by atoms with Crippen LogP contribution < -0.4 is 0 Å². The molecule has 0 saturated carbocycles. The second kappa shape index (κ2) is 175. The van der Waals surface area contributed by atoms with Gasteiger partial charge in [0.1, 0.15) is 19.0 Å². The van der Waals surface area contributed by atoms with E-state index in [1.807, 2.05) is 351 Å². The Morgan fingerprint density at radius 1 is 0.292 bits per heavy atom.